The fraction of sp³-hybridized carbons (Fsp3) is 1.00. The van der Waals surface area contributed by atoms with Crippen molar-refractivity contribution in [3.05, 3.63) is 0 Å². The highest BCUT2D eigenvalue weighted by atomic mass is 16.5. The van der Waals surface area contributed by atoms with E-state index in [1.165, 1.54) is 6.42 Å². The van der Waals surface area contributed by atoms with Crippen LogP contribution in [0.5, 0.6) is 0 Å². The predicted octanol–water partition coefficient (Wildman–Crippen LogP) is 1.02. The molecule has 1 aliphatic heterocycles. The first-order valence-electron chi connectivity index (χ1n) is 4.05. The lowest BCUT2D eigenvalue weighted by molar-refractivity contribution is -0.0989. The minimum Gasteiger partial charge on any atom is -0.380 e. The maximum atomic E-state index is 5.13. The molecule has 60 valence electrons. The summed E-state index contributed by atoms with van der Waals surface area (Å²) in [7, 11) is 0. The highest BCUT2D eigenvalue weighted by molar-refractivity contribution is 4.82. The van der Waals surface area contributed by atoms with E-state index in [1.807, 2.05) is 0 Å². The largest absolute Gasteiger partial charge is 0.380 e. The van der Waals surface area contributed by atoms with Gasteiger partial charge in [-0.3, -0.25) is 0 Å². The third-order valence-corrected chi connectivity index (χ3v) is 1.88. The Bertz CT molecular complexity index is 99.4. The van der Waals surface area contributed by atoms with Crippen LogP contribution < -0.4 is 5.32 Å². The van der Waals surface area contributed by atoms with Gasteiger partial charge in [0, 0.05) is 12.0 Å². The molecular formula is C8H17NO. The molecule has 0 amide bonds. The lowest BCUT2D eigenvalue weighted by Crippen LogP contribution is -2.47. The van der Waals surface area contributed by atoms with E-state index >= 15 is 0 Å². The summed E-state index contributed by atoms with van der Waals surface area (Å²) >= 11 is 0. The number of hydrogen-bond donors (Lipinski definition) is 1. The number of rotatable bonds is 4. The summed E-state index contributed by atoms with van der Waals surface area (Å²) in [5, 5.41) is 3.40. The molecule has 1 rings (SSSR count). The van der Waals surface area contributed by atoms with E-state index in [1.54, 1.807) is 0 Å². The van der Waals surface area contributed by atoms with Gasteiger partial charge in [-0.05, 0) is 13.0 Å². The van der Waals surface area contributed by atoms with E-state index in [0.717, 1.165) is 26.3 Å². The lowest BCUT2D eigenvalue weighted by Gasteiger charge is -2.38. The molecule has 1 saturated heterocycles. The minimum atomic E-state index is 0.440. The first-order valence-corrected chi connectivity index (χ1v) is 4.05. The summed E-state index contributed by atoms with van der Waals surface area (Å²) in [4.78, 5) is 0. The average Bonchev–Trinajstić information content (AvgIpc) is 1.85. The van der Waals surface area contributed by atoms with Gasteiger partial charge in [-0.2, -0.15) is 0 Å². The second kappa shape index (κ2) is 3.35. The number of ether oxygens (including phenoxy) is 1. The molecule has 1 N–H and O–H groups in total. The highest BCUT2D eigenvalue weighted by Crippen LogP contribution is 2.24. The topological polar surface area (TPSA) is 21.3 Å². The van der Waals surface area contributed by atoms with E-state index in [2.05, 4.69) is 19.2 Å². The molecule has 0 aromatic rings. The van der Waals surface area contributed by atoms with E-state index in [4.69, 9.17) is 4.74 Å². The van der Waals surface area contributed by atoms with Crippen molar-refractivity contribution >= 4 is 0 Å². The van der Waals surface area contributed by atoms with Crippen LogP contribution in [-0.2, 0) is 4.74 Å². The van der Waals surface area contributed by atoms with E-state index in [9.17, 15) is 0 Å². The molecule has 1 fully saturated rings. The normalized spacial score (nSPS) is 22.2. The summed E-state index contributed by atoms with van der Waals surface area (Å²) in [5.74, 6) is 0. The van der Waals surface area contributed by atoms with Crippen molar-refractivity contribution in [1.82, 2.24) is 5.32 Å². The van der Waals surface area contributed by atoms with E-state index < -0.39 is 0 Å². The Morgan fingerprint density at radius 2 is 2.20 bits per heavy atom. The van der Waals surface area contributed by atoms with Gasteiger partial charge in [0.15, 0.2) is 0 Å². The van der Waals surface area contributed by atoms with Gasteiger partial charge in [-0.25, -0.2) is 0 Å². The second-order valence-corrected chi connectivity index (χ2v) is 3.48. The Morgan fingerprint density at radius 1 is 1.50 bits per heavy atom. The molecule has 0 bridgehead atoms. The van der Waals surface area contributed by atoms with E-state index in [0.29, 0.717) is 5.41 Å². The van der Waals surface area contributed by atoms with Crippen molar-refractivity contribution in [2.45, 2.75) is 20.3 Å². The maximum Gasteiger partial charge on any atom is 0.0554 e. The average molecular weight is 143 g/mol. The zero-order valence-corrected chi connectivity index (χ0v) is 6.94. The fourth-order valence-corrected chi connectivity index (χ4v) is 1.12. The molecule has 10 heavy (non-hydrogen) atoms. The SMILES string of the molecule is CCCNCC1(C)COC1. The molecule has 2 heteroatoms. The summed E-state index contributed by atoms with van der Waals surface area (Å²) in [6, 6.07) is 0. The minimum absolute atomic E-state index is 0.440. The van der Waals surface area contributed by atoms with Crippen molar-refractivity contribution < 1.29 is 4.74 Å². The van der Waals surface area contributed by atoms with Gasteiger partial charge < -0.3 is 10.1 Å². The van der Waals surface area contributed by atoms with Crippen LogP contribution in [0.1, 0.15) is 20.3 Å². The van der Waals surface area contributed by atoms with Crippen molar-refractivity contribution in [3.63, 3.8) is 0 Å². The first kappa shape index (κ1) is 8.02. The first-order chi connectivity index (χ1) is 4.77. The highest BCUT2D eigenvalue weighted by Gasteiger charge is 2.32. The molecule has 0 aliphatic carbocycles. The summed E-state index contributed by atoms with van der Waals surface area (Å²) < 4.78 is 5.13. The quantitative estimate of drug-likeness (QED) is 0.593. The molecule has 0 radical (unpaired) electrons. The molecule has 0 saturated carbocycles. The molecule has 0 unspecified atom stereocenters. The Balaban J connectivity index is 2.01. The zero-order chi connectivity index (χ0) is 7.45. The maximum absolute atomic E-state index is 5.13. The summed E-state index contributed by atoms with van der Waals surface area (Å²) in [6.45, 7) is 8.57. The predicted molar refractivity (Wildman–Crippen MR) is 42.1 cm³/mol. The Morgan fingerprint density at radius 3 is 2.60 bits per heavy atom. The molecule has 1 aliphatic rings. The van der Waals surface area contributed by atoms with E-state index in [-0.39, 0.29) is 0 Å². The lowest BCUT2D eigenvalue weighted by atomic mass is 9.89. The van der Waals surface area contributed by atoms with Gasteiger partial charge in [0.25, 0.3) is 0 Å². The molecule has 0 spiro atoms. The fourth-order valence-electron chi connectivity index (χ4n) is 1.12. The van der Waals surface area contributed by atoms with Gasteiger partial charge >= 0.3 is 0 Å². The smallest absolute Gasteiger partial charge is 0.0554 e. The van der Waals surface area contributed by atoms with Gasteiger partial charge in [0.05, 0.1) is 13.2 Å². The van der Waals surface area contributed by atoms with Crippen LogP contribution >= 0.6 is 0 Å². The second-order valence-electron chi connectivity index (χ2n) is 3.48. The van der Waals surface area contributed by atoms with Gasteiger partial charge in [0.1, 0.15) is 0 Å². The van der Waals surface area contributed by atoms with Crippen LogP contribution in [-0.4, -0.2) is 26.3 Å². The molecular weight excluding hydrogens is 126 g/mol. The van der Waals surface area contributed by atoms with Crippen molar-refractivity contribution in [2.75, 3.05) is 26.3 Å². The third kappa shape index (κ3) is 1.96. The van der Waals surface area contributed by atoms with Crippen LogP contribution in [0.25, 0.3) is 0 Å². The van der Waals surface area contributed by atoms with Crippen molar-refractivity contribution in [1.29, 1.82) is 0 Å². The van der Waals surface area contributed by atoms with Gasteiger partial charge in [0.2, 0.25) is 0 Å². The zero-order valence-electron chi connectivity index (χ0n) is 6.94. The van der Waals surface area contributed by atoms with Crippen LogP contribution in [0.15, 0.2) is 0 Å². The van der Waals surface area contributed by atoms with Crippen molar-refractivity contribution in [2.24, 2.45) is 5.41 Å². The molecule has 1 heterocycles. The summed E-state index contributed by atoms with van der Waals surface area (Å²) in [5.41, 5.74) is 0.440. The third-order valence-electron chi connectivity index (χ3n) is 1.88. The van der Waals surface area contributed by atoms with Crippen LogP contribution in [0.3, 0.4) is 0 Å². The van der Waals surface area contributed by atoms with Crippen molar-refractivity contribution in [3.8, 4) is 0 Å². The monoisotopic (exact) mass is 143 g/mol. The van der Waals surface area contributed by atoms with Crippen LogP contribution in [0.2, 0.25) is 0 Å². The standard InChI is InChI=1S/C8H17NO/c1-3-4-9-5-8(2)6-10-7-8/h9H,3-7H2,1-2H3. The molecule has 2 nitrogen and oxygen atoms in total. The summed E-state index contributed by atoms with van der Waals surface area (Å²) in [6.07, 6.45) is 1.22. The molecule has 0 aromatic carbocycles. The Kier molecular flexibility index (Phi) is 2.69. The Labute approximate surface area is 63.0 Å². The van der Waals surface area contributed by atoms with Crippen LogP contribution in [0.4, 0.5) is 0 Å². The molecule has 0 atom stereocenters. The van der Waals surface area contributed by atoms with Gasteiger partial charge in [-0.15, -0.1) is 0 Å². The Hall–Kier alpha value is -0.0800. The number of hydrogen-bond acceptors (Lipinski definition) is 2. The number of nitrogens with one attached hydrogen (secondary N) is 1. The molecule has 0 aromatic heterocycles. The van der Waals surface area contributed by atoms with Crippen LogP contribution in [0, 0.1) is 5.41 Å². The van der Waals surface area contributed by atoms with Gasteiger partial charge in [-0.1, -0.05) is 13.8 Å².